The molecule has 2 rings (SSSR count). The van der Waals surface area contributed by atoms with Crippen molar-refractivity contribution in [2.45, 2.75) is 45.4 Å². The summed E-state index contributed by atoms with van der Waals surface area (Å²) in [7, 11) is 0. The van der Waals surface area contributed by atoms with Crippen molar-refractivity contribution < 1.29 is 9.90 Å². The van der Waals surface area contributed by atoms with E-state index in [1.807, 2.05) is 49.1 Å². The molecule has 0 spiro atoms. The van der Waals surface area contributed by atoms with Crippen LogP contribution in [-0.4, -0.2) is 52.6 Å². The van der Waals surface area contributed by atoms with E-state index in [2.05, 4.69) is 4.90 Å². The van der Waals surface area contributed by atoms with Gasteiger partial charge in [0, 0.05) is 19.6 Å². The van der Waals surface area contributed by atoms with Crippen molar-refractivity contribution >= 4 is 5.91 Å². The van der Waals surface area contributed by atoms with Crippen LogP contribution in [0.2, 0.25) is 0 Å². The van der Waals surface area contributed by atoms with E-state index >= 15 is 0 Å². The number of carbonyl (C=O) groups excluding carboxylic acids is 1. The standard InChI is InChI=1S/C17H26N2O2/c1-3-18(12-15-8-5-4-6-9-15)17(21)14(2)19-11-7-10-16(20)13-19/h4-6,8-9,14,16,20H,3,7,10-13H2,1-2H3. The van der Waals surface area contributed by atoms with Gasteiger partial charge in [0.25, 0.3) is 0 Å². The second-order valence-corrected chi connectivity index (χ2v) is 5.80. The lowest BCUT2D eigenvalue weighted by Crippen LogP contribution is -2.51. The van der Waals surface area contributed by atoms with Crippen molar-refractivity contribution in [2.75, 3.05) is 19.6 Å². The largest absolute Gasteiger partial charge is 0.392 e. The van der Waals surface area contributed by atoms with E-state index in [-0.39, 0.29) is 18.1 Å². The van der Waals surface area contributed by atoms with Crippen molar-refractivity contribution in [1.82, 2.24) is 9.80 Å². The smallest absolute Gasteiger partial charge is 0.239 e. The van der Waals surface area contributed by atoms with Gasteiger partial charge in [-0.3, -0.25) is 9.69 Å². The van der Waals surface area contributed by atoms with Crippen LogP contribution in [-0.2, 0) is 11.3 Å². The molecule has 2 atom stereocenters. The minimum atomic E-state index is -0.293. The number of hydrogen-bond acceptors (Lipinski definition) is 3. The Morgan fingerprint density at radius 3 is 2.76 bits per heavy atom. The number of carbonyl (C=O) groups is 1. The molecule has 1 aliphatic heterocycles. The molecule has 0 bridgehead atoms. The summed E-state index contributed by atoms with van der Waals surface area (Å²) in [5.74, 6) is 0.149. The highest BCUT2D eigenvalue weighted by Gasteiger charge is 2.28. The quantitative estimate of drug-likeness (QED) is 0.900. The summed E-state index contributed by atoms with van der Waals surface area (Å²) in [5, 5.41) is 9.77. The molecule has 1 amide bonds. The van der Waals surface area contributed by atoms with Crippen LogP contribution in [0.15, 0.2) is 30.3 Å². The Balaban J connectivity index is 1.98. The Hall–Kier alpha value is -1.39. The van der Waals surface area contributed by atoms with Gasteiger partial charge in [0.05, 0.1) is 12.1 Å². The summed E-state index contributed by atoms with van der Waals surface area (Å²) in [6.45, 7) is 6.82. The maximum Gasteiger partial charge on any atom is 0.239 e. The Morgan fingerprint density at radius 2 is 2.14 bits per heavy atom. The number of rotatable bonds is 5. The Bertz CT molecular complexity index is 449. The summed E-state index contributed by atoms with van der Waals surface area (Å²) in [6.07, 6.45) is 1.51. The molecule has 1 aliphatic rings. The SMILES string of the molecule is CCN(Cc1ccccc1)C(=O)C(C)N1CCCC(O)C1. The average Bonchev–Trinajstić information content (AvgIpc) is 2.52. The zero-order valence-electron chi connectivity index (χ0n) is 13.0. The molecule has 1 N–H and O–H groups in total. The summed E-state index contributed by atoms with van der Waals surface area (Å²) in [5.41, 5.74) is 1.15. The Kier molecular flexibility index (Phi) is 5.76. The van der Waals surface area contributed by atoms with Crippen LogP contribution >= 0.6 is 0 Å². The molecular weight excluding hydrogens is 264 g/mol. The van der Waals surface area contributed by atoms with Crippen LogP contribution in [0, 0.1) is 0 Å². The first-order chi connectivity index (χ1) is 10.1. The molecular formula is C17H26N2O2. The molecule has 4 nitrogen and oxygen atoms in total. The third-order valence-corrected chi connectivity index (χ3v) is 4.24. The van der Waals surface area contributed by atoms with E-state index in [1.165, 1.54) is 0 Å². The topological polar surface area (TPSA) is 43.8 Å². The van der Waals surface area contributed by atoms with Gasteiger partial charge in [-0.2, -0.15) is 0 Å². The molecule has 0 radical (unpaired) electrons. The van der Waals surface area contributed by atoms with Gasteiger partial charge < -0.3 is 10.0 Å². The lowest BCUT2D eigenvalue weighted by molar-refractivity contribution is -0.138. The second-order valence-electron chi connectivity index (χ2n) is 5.80. The van der Waals surface area contributed by atoms with Crippen LogP contribution in [0.4, 0.5) is 0 Å². The average molecular weight is 290 g/mol. The number of hydrogen-bond donors (Lipinski definition) is 1. The van der Waals surface area contributed by atoms with Gasteiger partial charge in [-0.15, -0.1) is 0 Å². The Morgan fingerprint density at radius 1 is 1.43 bits per heavy atom. The zero-order chi connectivity index (χ0) is 15.2. The third-order valence-electron chi connectivity index (χ3n) is 4.24. The van der Waals surface area contributed by atoms with Crippen LogP contribution in [0.3, 0.4) is 0 Å². The third kappa shape index (κ3) is 4.29. The molecule has 21 heavy (non-hydrogen) atoms. The van der Waals surface area contributed by atoms with Crippen molar-refractivity contribution in [2.24, 2.45) is 0 Å². The predicted molar refractivity (Wildman–Crippen MR) is 83.8 cm³/mol. The van der Waals surface area contributed by atoms with Crippen LogP contribution < -0.4 is 0 Å². The van der Waals surface area contributed by atoms with Crippen LogP contribution in [0.25, 0.3) is 0 Å². The summed E-state index contributed by atoms with van der Waals surface area (Å²) in [6, 6.07) is 9.91. The molecule has 0 saturated carbocycles. The molecule has 1 aromatic carbocycles. The summed E-state index contributed by atoms with van der Waals surface area (Å²) >= 11 is 0. The predicted octanol–water partition coefficient (Wildman–Crippen LogP) is 1.88. The van der Waals surface area contributed by atoms with Crippen LogP contribution in [0.5, 0.6) is 0 Å². The lowest BCUT2D eigenvalue weighted by atomic mass is 10.1. The van der Waals surface area contributed by atoms with Crippen LogP contribution in [0.1, 0.15) is 32.3 Å². The van der Waals surface area contributed by atoms with Gasteiger partial charge in [0.15, 0.2) is 0 Å². The van der Waals surface area contributed by atoms with Crippen molar-refractivity contribution in [1.29, 1.82) is 0 Å². The van der Waals surface area contributed by atoms with E-state index in [0.29, 0.717) is 19.6 Å². The van der Waals surface area contributed by atoms with Gasteiger partial charge in [0.1, 0.15) is 0 Å². The number of aliphatic hydroxyl groups excluding tert-OH is 1. The maximum atomic E-state index is 12.7. The van der Waals surface area contributed by atoms with Gasteiger partial charge in [-0.1, -0.05) is 30.3 Å². The van der Waals surface area contributed by atoms with Gasteiger partial charge in [-0.25, -0.2) is 0 Å². The van der Waals surface area contributed by atoms with Gasteiger partial charge >= 0.3 is 0 Å². The number of piperidine rings is 1. The zero-order valence-corrected chi connectivity index (χ0v) is 13.0. The highest BCUT2D eigenvalue weighted by atomic mass is 16.3. The molecule has 116 valence electrons. The summed E-state index contributed by atoms with van der Waals surface area (Å²) < 4.78 is 0. The normalized spacial score (nSPS) is 21.0. The van der Waals surface area contributed by atoms with E-state index < -0.39 is 0 Å². The molecule has 1 aromatic rings. The van der Waals surface area contributed by atoms with Crippen molar-refractivity contribution in [3.8, 4) is 0 Å². The monoisotopic (exact) mass is 290 g/mol. The fourth-order valence-corrected chi connectivity index (χ4v) is 2.90. The Labute approximate surface area is 127 Å². The molecule has 2 unspecified atom stereocenters. The maximum absolute atomic E-state index is 12.7. The number of benzene rings is 1. The molecule has 1 saturated heterocycles. The molecule has 0 aromatic heterocycles. The molecule has 1 heterocycles. The van der Waals surface area contributed by atoms with Crippen molar-refractivity contribution in [3.05, 3.63) is 35.9 Å². The fourth-order valence-electron chi connectivity index (χ4n) is 2.90. The number of aliphatic hydroxyl groups is 1. The lowest BCUT2D eigenvalue weighted by Gasteiger charge is -2.36. The van der Waals surface area contributed by atoms with E-state index in [4.69, 9.17) is 0 Å². The second kappa shape index (κ2) is 7.57. The van der Waals surface area contributed by atoms with Gasteiger partial charge in [-0.05, 0) is 38.8 Å². The summed E-state index contributed by atoms with van der Waals surface area (Å²) in [4.78, 5) is 16.7. The van der Waals surface area contributed by atoms with Gasteiger partial charge in [0.2, 0.25) is 5.91 Å². The number of amides is 1. The van der Waals surface area contributed by atoms with Crippen molar-refractivity contribution in [3.63, 3.8) is 0 Å². The first-order valence-corrected chi connectivity index (χ1v) is 7.86. The highest BCUT2D eigenvalue weighted by Crippen LogP contribution is 2.15. The number of likely N-dealkylation sites (tertiary alicyclic amines) is 1. The number of nitrogens with zero attached hydrogens (tertiary/aromatic N) is 2. The first kappa shape index (κ1) is 16.0. The fraction of sp³-hybridized carbons (Fsp3) is 0.588. The van der Waals surface area contributed by atoms with E-state index in [9.17, 15) is 9.90 Å². The minimum Gasteiger partial charge on any atom is -0.392 e. The highest BCUT2D eigenvalue weighted by molar-refractivity contribution is 5.81. The van der Waals surface area contributed by atoms with E-state index in [1.54, 1.807) is 0 Å². The molecule has 1 fully saturated rings. The first-order valence-electron chi connectivity index (χ1n) is 7.86. The molecule has 0 aliphatic carbocycles. The minimum absolute atomic E-state index is 0.149. The molecule has 4 heteroatoms. The number of β-amino-alcohol motifs (C(OH)–C–C–N with tert-alkyl or cyclic N) is 1. The number of likely N-dealkylation sites (N-methyl/N-ethyl adjacent to an activating group) is 1. The van der Waals surface area contributed by atoms with E-state index in [0.717, 1.165) is 24.9 Å².